The Morgan fingerprint density at radius 1 is 1.44 bits per heavy atom. The van der Waals surface area contributed by atoms with Crippen LogP contribution in [0.5, 0.6) is 0 Å². The summed E-state index contributed by atoms with van der Waals surface area (Å²) < 4.78 is 3.91. The Hall–Kier alpha value is -0.640. The van der Waals surface area contributed by atoms with Crippen LogP contribution in [-0.4, -0.2) is 15.6 Å². The summed E-state index contributed by atoms with van der Waals surface area (Å²) in [6.07, 6.45) is 5.91. The minimum absolute atomic E-state index is 0.432. The van der Waals surface area contributed by atoms with Crippen LogP contribution in [0.25, 0.3) is 0 Å². The molecule has 3 nitrogen and oxygen atoms in total. The van der Waals surface area contributed by atoms with Gasteiger partial charge in [-0.1, -0.05) is 25.3 Å². The molecule has 1 N–H and O–H groups in total. The van der Waals surface area contributed by atoms with Crippen molar-refractivity contribution in [2.45, 2.75) is 46.1 Å². The highest BCUT2D eigenvalue weighted by molar-refractivity contribution is 7.09. The molecule has 2 saturated carbocycles. The first-order valence-corrected chi connectivity index (χ1v) is 6.85. The zero-order valence-electron chi connectivity index (χ0n) is 10.2. The molecule has 1 heterocycles. The number of anilines is 1. The molecule has 2 bridgehead atoms. The molecular formula is C12H19N3S. The first kappa shape index (κ1) is 10.5. The lowest BCUT2D eigenvalue weighted by molar-refractivity contribution is 0.142. The van der Waals surface area contributed by atoms with E-state index in [4.69, 9.17) is 0 Å². The quantitative estimate of drug-likeness (QED) is 0.858. The zero-order chi connectivity index (χ0) is 11.4. The summed E-state index contributed by atoms with van der Waals surface area (Å²) in [5, 5.41) is 8.65. The smallest absolute Gasteiger partial charge is 0.130 e. The number of nitrogens with zero attached hydrogens (tertiary/aromatic N) is 2. The Kier molecular flexibility index (Phi) is 2.09. The molecular weight excluding hydrogens is 218 g/mol. The highest BCUT2D eigenvalue weighted by Crippen LogP contribution is 2.65. The van der Waals surface area contributed by atoms with E-state index in [0.717, 1.165) is 10.9 Å². The van der Waals surface area contributed by atoms with Gasteiger partial charge in [0.25, 0.3) is 0 Å². The number of hydrogen-bond donors (Lipinski definition) is 1. The van der Waals surface area contributed by atoms with Gasteiger partial charge in [0, 0.05) is 17.6 Å². The molecule has 3 atom stereocenters. The average Bonchev–Trinajstić information content (AvgIpc) is 2.84. The first-order chi connectivity index (χ1) is 7.54. The van der Waals surface area contributed by atoms with E-state index in [1.807, 2.05) is 6.20 Å². The summed E-state index contributed by atoms with van der Waals surface area (Å²) in [4.78, 5) is 0. The lowest BCUT2D eigenvalue weighted by atomic mass is 9.69. The van der Waals surface area contributed by atoms with E-state index in [-0.39, 0.29) is 0 Å². The van der Waals surface area contributed by atoms with Crippen LogP contribution in [0.3, 0.4) is 0 Å². The monoisotopic (exact) mass is 237 g/mol. The van der Waals surface area contributed by atoms with Gasteiger partial charge in [-0.05, 0) is 36.0 Å². The van der Waals surface area contributed by atoms with E-state index in [1.165, 1.54) is 30.8 Å². The predicted octanol–water partition coefficient (Wildman–Crippen LogP) is 3.16. The Balaban J connectivity index is 1.85. The minimum atomic E-state index is 0.432. The molecule has 0 aliphatic heterocycles. The maximum Gasteiger partial charge on any atom is 0.130 e. The Morgan fingerprint density at radius 3 is 2.75 bits per heavy atom. The number of aromatic nitrogens is 2. The third kappa shape index (κ3) is 1.19. The van der Waals surface area contributed by atoms with Gasteiger partial charge in [0.05, 0.1) is 6.20 Å². The molecule has 1 aromatic rings. The molecule has 2 aliphatic carbocycles. The van der Waals surface area contributed by atoms with Crippen LogP contribution in [0.15, 0.2) is 6.20 Å². The molecule has 4 heteroatoms. The summed E-state index contributed by atoms with van der Waals surface area (Å²) in [6.45, 7) is 7.33. The molecule has 16 heavy (non-hydrogen) atoms. The van der Waals surface area contributed by atoms with Gasteiger partial charge >= 0.3 is 0 Å². The van der Waals surface area contributed by atoms with Gasteiger partial charge in [-0.15, -0.1) is 5.10 Å². The van der Waals surface area contributed by atoms with E-state index in [2.05, 4.69) is 35.7 Å². The van der Waals surface area contributed by atoms with Crippen molar-refractivity contribution in [3.8, 4) is 0 Å². The topological polar surface area (TPSA) is 37.8 Å². The van der Waals surface area contributed by atoms with Gasteiger partial charge in [-0.2, -0.15) is 0 Å². The van der Waals surface area contributed by atoms with E-state index >= 15 is 0 Å². The van der Waals surface area contributed by atoms with E-state index in [9.17, 15) is 0 Å². The minimum Gasteiger partial charge on any atom is -0.371 e. The Bertz CT molecular complexity index is 387. The maximum atomic E-state index is 3.91. The second-order valence-electron chi connectivity index (χ2n) is 6.09. The number of rotatable bonds is 2. The fourth-order valence-corrected chi connectivity index (χ4v) is 4.30. The predicted molar refractivity (Wildman–Crippen MR) is 66.5 cm³/mol. The highest BCUT2D eigenvalue weighted by atomic mass is 32.1. The highest BCUT2D eigenvalue weighted by Gasteiger charge is 2.61. The molecule has 3 rings (SSSR count). The number of hydrogen-bond acceptors (Lipinski definition) is 4. The zero-order valence-corrected chi connectivity index (χ0v) is 11.0. The van der Waals surface area contributed by atoms with Gasteiger partial charge in [-0.25, -0.2) is 0 Å². The van der Waals surface area contributed by atoms with Crippen LogP contribution >= 0.6 is 11.5 Å². The average molecular weight is 237 g/mol. The van der Waals surface area contributed by atoms with Crippen molar-refractivity contribution in [2.24, 2.45) is 16.7 Å². The van der Waals surface area contributed by atoms with Gasteiger partial charge in [0.1, 0.15) is 5.00 Å². The van der Waals surface area contributed by atoms with Crippen molar-refractivity contribution in [3.05, 3.63) is 6.20 Å². The third-order valence-electron chi connectivity index (χ3n) is 5.47. The lowest BCUT2D eigenvalue weighted by Gasteiger charge is -2.39. The summed E-state index contributed by atoms with van der Waals surface area (Å²) in [5.41, 5.74) is 0.907. The van der Waals surface area contributed by atoms with E-state index < -0.39 is 0 Å². The molecule has 0 aromatic carbocycles. The third-order valence-corrected chi connectivity index (χ3v) is 6.07. The van der Waals surface area contributed by atoms with Crippen molar-refractivity contribution >= 4 is 16.5 Å². The molecule has 1 aromatic heterocycles. The lowest BCUT2D eigenvalue weighted by Crippen LogP contribution is -2.39. The van der Waals surface area contributed by atoms with Gasteiger partial charge in [-0.3, -0.25) is 0 Å². The Morgan fingerprint density at radius 2 is 2.25 bits per heavy atom. The van der Waals surface area contributed by atoms with Crippen molar-refractivity contribution < 1.29 is 0 Å². The SMILES string of the molecule is CC1(C)C2CCC1(C)C(Nc1cnns1)C2. The molecule has 3 unspecified atom stereocenters. The summed E-state index contributed by atoms with van der Waals surface area (Å²) in [7, 11) is 0. The normalized spacial score (nSPS) is 40.2. The van der Waals surface area contributed by atoms with Crippen LogP contribution in [0.1, 0.15) is 40.0 Å². The van der Waals surface area contributed by atoms with Gasteiger partial charge < -0.3 is 5.32 Å². The van der Waals surface area contributed by atoms with Gasteiger partial charge in [0.15, 0.2) is 0 Å². The number of nitrogens with one attached hydrogen (secondary N) is 1. The van der Waals surface area contributed by atoms with Crippen LogP contribution < -0.4 is 5.32 Å². The fourth-order valence-electron chi connectivity index (χ4n) is 3.82. The molecule has 0 radical (unpaired) electrons. The molecule has 2 fully saturated rings. The molecule has 0 saturated heterocycles. The Labute approximate surface area is 101 Å². The van der Waals surface area contributed by atoms with Crippen LogP contribution in [0.2, 0.25) is 0 Å². The van der Waals surface area contributed by atoms with Crippen molar-refractivity contribution in [1.82, 2.24) is 9.59 Å². The van der Waals surface area contributed by atoms with Crippen molar-refractivity contribution in [2.75, 3.05) is 5.32 Å². The largest absolute Gasteiger partial charge is 0.371 e. The second-order valence-corrected chi connectivity index (χ2v) is 6.87. The van der Waals surface area contributed by atoms with Crippen molar-refractivity contribution in [3.63, 3.8) is 0 Å². The molecule has 2 aliphatic rings. The van der Waals surface area contributed by atoms with Gasteiger partial charge in [0.2, 0.25) is 0 Å². The van der Waals surface area contributed by atoms with E-state index in [0.29, 0.717) is 16.9 Å². The summed E-state index contributed by atoms with van der Waals surface area (Å²) in [6, 6.07) is 0.600. The second kappa shape index (κ2) is 3.19. The summed E-state index contributed by atoms with van der Waals surface area (Å²) in [5.74, 6) is 0.885. The maximum absolute atomic E-state index is 3.91. The van der Waals surface area contributed by atoms with Crippen LogP contribution in [0, 0.1) is 16.7 Å². The van der Waals surface area contributed by atoms with Crippen LogP contribution in [-0.2, 0) is 0 Å². The molecule has 0 amide bonds. The standard InChI is InChI=1S/C12H19N3S/c1-11(2)8-4-5-12(11,3)9(6-8)14-10-7-13-15-16-10/h7-9,14H,4-6H2,1-3H3. The molecule has 88 valence electrons. The van der Waals surface area contributed by atoms with E-state index in [1.54, 1.807) is 0 Å². The summed E-state index contributed by atoms with van der Waals surface area (Å²) >= 11 is 1.46. The fraction of sp³-hybridized carbons (Fsp3) is 0.833. The van der Waals surface area contributed by atoms with Crippen LogP contribution in [0.4, 0.5) is 5.00 Å². The van der Waals surface area contributed by atoms with Crippen molar-refractivity contribution in [1.29, 1.82) is 0 Å². The molecule has 0 spiro atoms. The first-order valence-electron chi connectivity index (χ1n) is 6.08. The number of fused-ring (bicyclic) bond motifs is 2.